The summed E-state index contributed by atoms with van der Waals surface area (Å²) in [4.78, 5) is 2.61. The van der Waals surface area contributed by atoms with E-state index in [9.17, 15) is 0 Å². The van der Waals surface area contributed by atoms with Gasteiger partial charge in [-0.1, -0.05) is 6.92 Å². The molecule has 0 aromatic carbocycles. The molecule has 0 bridgehead atoms. The normalized spacial score (nSPS) is 44.1. The number of nitrogens with zero attached hydrogens (tertiary/aromatic N) is 1. The van der Waals surface area contributed by atoms with Crippen LogP contribution < -0.4 is 5.32 Å². The summed E-state index contributed by atoms with van der Waals surface area (Å²) in [7, 11) is 0. The first-order valence-corrected chi connectivity index (χ1v) is 7.17. The second-order valence-electron chi connectivity index (χ2n) is 6.22. The van der Waals surface area contributed by atoms with Crippen molar-refractivity contribution in [2.45, 2.75) is 70.7 Å². The summed E-state index contributed by atoms with van der Waals surface area (Å²) in [5.41, 5.74) is 0.288. The third-order valence-corrected chi connectivity index (χ3v) is 4.54. The molecule has 2 saturated heterocycles. The average Bonchev–Trinajstić information content (AvgIpc) is 2.70. The smallest absolute Gasteiger partial charge is 0.0706 e. The largest absolute Gasteiger partial charge is 0.374 e. The van der Waals surface area contributed by atoms with E-state index in [2.05, 4.69) is 37.9 Å². The van der Waals surface area contributed by atoms with Crippen LogP contribution in [0.4, 0.5) is 0 Å². The van der Waals surface area contributed by atoms with Gasteiger partial charge in [-0.15, -0.1) is 0 Å². The molecule has 3 nitrogen and oxygen atoms in total. The summed E-state index contributed by atoms with van der Waals surface area (Å²) in [5.74, 6) is 0. The Balaban J connectivity index is 1.89. The standard InChI is InChI=1S/C14H28N2O/c1-5-14(4)10-16(11(2)8-15-14)9-13-7-6-12(3)17-13/h11-13,15H,5-10H2,1-4H3. The van der Waals surface area contributed by atoms with Gasteiger partial charge >= 0.3 is 0 Å². The summed E-state index contributed by atoms with van der Waals surface area (Å²) < 4.78 is 5.95. The Morgan fingerprint density at radius 1 is 1.35 bits per heavy atom. The molecule has 2 aliphatic rings. The van der Waals surface area contributed by atoms with Crippen molar-refractivity contribution < 1.29 is 4.74 Å². The van der Waals surface area contributed by atoms with Crippen molar-refractivity contribution in [1.29, 1.82) is 0 Å². The fourth-order valence-corrected chi connectivity index (χ4v) is 2.95. The van der Waals surface area contributed by atoms with Crippen molar-refractivity contribution in [1.82, 2.24) is 10.2 Å². The van der Waals surface area contributed by atoms with Crippen molar-refractivity contribution in [3.05, 3.63) is 0 Å². The third kappa shape index (κ3) is 3.21. The van der Waals surface area contributed by atoms with Gasteiger partial charge in [0.1, 0.15) is 0 Å². The minimum atomic E-state index is 0.288. The van der Waals surface area contributed by atoms with Crippen LogP contribution in [0.15, 0.2) is 0 Å². The highest BCUT2D eigenvalue weighted by Gasteiger charge is 2.34. The van der Waals surface area contributed by atoms with E-state index in [4.69, 9.17) is 4.74 Å². The van der Waals surface area contributed by atoms with Gasteiger partial charge in [-0.3, -0.25) is 4.90 Å². The van der Waals surface area contributed by atoms with Crippen molar-refractivity contribution in [2.75, 3.05) is 19.6 Å². The molecule has 0 aromatic heterocycles. The van der Waals surface area contributed by atoms with E-state index in [1.54, 1.807) is 0 Å². The second-order valence-corrected chi connectivity index (χ2v) is 6.22. The monoisotopic (exact) mass is 240 g/mol. The van der Waals surface area contributed by atoms with Crippen molar-refractivity contribution in [3.63, 3.8) is 0 Å². The van der Waals surface area contributed by atoms with Crippen LogP contribution in [0, 0.1) is 0 Å². The molecule has 4 atom stereocenters. The summed E-state index contributed by atoms with van der Waals surface area (Å²) >= 11 is 0. The first-order chi connectivity index (χ1) is 8.02. The first kappa shape index (κ1) is 13.3. The van der Waals surface area contributed by atoms with Crippen LogP contribution in [0.2, 0.25) is 0 Å². The number of ether oxygens (including phenoxy) is 1. The third-order valence-electron chi connectivity index (χ3n) is 4.54. The highest BCUT2D eigenvalue weighted by Crippen LogP contribution is 2.24. The molecular formula is C14H28N2O. The van der Waals surface area contributed by atoms with Gasteiger partial charge in [0.05, 0.1) is 12.2 Å². The Morgan fingerprint density at radius 2 is 2.12 bits per heavy atom. The zero-order valence-corrected chi connectivity index (χ0v) is 11.8. The number of rotatable bonds is 3. The average molecular weight is 240 g/mol. The summed E-state index contributed by atoms with van der Waals surface area (Å²) in [6, 6.07) is 0.633. The van der Waals surface area contributed by atoms with Gasteiger partial charge in [0.15, 0.2) is 0 Å². The number of hydrogen-bond donors (Lipinski definition) is 1. The fraction of sp³-hybridized carbons (Fsp3) is 1.00. The lowest BCUT2D eigenvalue weighted by Crippen LogP contribution is -2.62. The van der Waals surface area contributed by atoms with Crippen LogP contribution in [0.25, 0.3) is 0 Å². The van der Waals surface area contributed by atoms with Crippen molar-refractivity contribution in [2.24, 2.45) is 0 Å². The minimum absolute atomic E-state index is 0.288. The van der Waals surface area contributed by atoms with Gasteiger partial charge < -0.3 is 10.1 Å². The molecule has 0 saturated carbocycles. The zero-order chi connectivity index (χ0) is 12.5. The van der Waals surface area contributed by atoms with Crippen molar-refractivity contribution in [3.8, 4) is 0 Å². The quantitative estimate of drug-likeness (QED) is 0.817. The molecule has 3 heteroatoms. The van der Waals surface area contributed by atoms with E-state index in [0.717, 1.165) is 19.6 Å². The lowest BCUT2D eigenvalue weighted by Gasteiger charge is -2.45. The number of piperazine rings is 1. The van der Waals surface area contributed by atoms with E-state index in [0.29, 0.717) is 18.2 Å². The predicted molar refractivity (Wildman–Crippen MR) is 71.3 cm³/mol. The van der Waals surface area contributed by atoms with Crippen LogP contribution in [-0.4, -0.2) is 48.3 Å². The number of hydrogen-bond acceptors (Lipinski definition) is 3. The summed E-state index contributed by atoms with van der Waals surface area (Å²) in [6.07, 6.45) is 4.59. The minimum Gasteiger partial charge on any atom is -0.374 e. The molecule has 0 aromatic rings. The molecule has 2 aliphatic heterocycles. The fourth-order valence-electron chi connectivity index (χ4n) is 2.95. The zero-order valence-electron chi connectivity index (χ0n) is 11.8. The molecule has 2 heterocycles. The molecular weight excluding hydrogens is 212 g/mol. The molecule has 0 amide bonds. The molecule has 2 rings (SSSR count). The molecule has 17 heavy (non-hydrogen) atoms. The Labute approximate surface area is 106 Å². The predicted octanol–water partition coefficient (Wildman–Crippen LogP) is 2.02. The van der Waals surface area contributed by atoms with Gasteiger partial charge in [0.2, 0.25) is 0 Å². The summed E-state index contributed by atoms with van der Waals surface area (Å²) in [5, 5.41) is 3.68. The topological polar surface area (TPSA) is 24.5 Å². The van der Waals surface area contributed by atoms with E-state index >= 15 is 0 Å². The Kier molecular flexibility index (Phi) is 4.11. The van der Waals surface area contributed by atoms with Crippen LogP contribution in [-0.2, 0) is 4.74 Å². The highest BCUT2D eigenvalue weighted by molar-refractivity contribution is 4.94. The van der Waals surface area contributed by atoms with E-state index in [-0.39, 0.29) is 5.54 Å². The van der Waals surface area contributed by atoms with E-state index in [1.807, 2.05) is 0 Å². The van der Waals surface area contributed by atoms with Crippen molar-refractivity contribution >= 4 is 0 Å². The lowest BCUT2D eigenvalue weighted by molar-refractivity contribution is 0.00321. The van der Waals surface area contributed by atoms with Gasteiger partial charge in [0, 0.05) is 31.2 Å². The maximum Gasteiger partial charge on any atom is 0.0706 e. The van der Waals surface area contributed by atoms with Gasteiger partial charge in [-0.2, -0.15) is 0 Å². The van der Waals surface area contributed by atoms with E-state index < -0.39 is 0 Å². The molecule has 2 fully saturated rings. The Hall–Kier alpha value is -0.120. The van der Waals surface area contributed by atoms with Crippen LogP contribution >= 0.6 is 0 Å². The van der Waals surface area contributed by atoms with Gasteiger partial charge in [-0.05, 0) is 40.0 Å². The molecule has 0 aliphatic carbocycles. The van der Waals surface area contributed by atoms with E-state index in [1.165, 1.54) is 19.3 Å². The second kappa shape index (κ2) is 5.25. The first-order valence-electron chi connectivity index (χ1n) is 7.17. The SMILES string of the molecule is CCC1(C)CN(CC2CCC(C)O2)C(C)CN1. The molecule has 100 valence electrons. The molecule has 4 unspecified atom stereocenters. The Morgan fingerprint density at radius 3 is 2.71 bits per heavy atom. The van der Waals surface area contributed by atoms with Gasteiger partial charge in [0.25, 0.3) is 0 Å². The molecule has 0 spiro atoms. The Bertz CT molecular complexity index is 259. The number of nitrogens with one attached hydrogen (secondary N) is 1. The maximum atomic E-state index is 5.95. The van der Waals surface area contributed by atoms with Crippen LogP contribution in [0.1, 0.15) is 47.0 Å². The van der Waals surface area contributed by atoms with Crippen LogP contribution in [0.5, 0.6) is 0 Å². The van der Waals surface area contributed by atoms with Gasteiger partial charge in [-0.25, -0.2) is 0 Å². The van der Waals surface area contributed by atoms with Crippen LogP contribution in [0.3, 0.4) is 0 Å². The highest BCUT2D eigenvalue weighted by atomic mass is 16.5. The molecule has 0 radical (unpaired) electrons. The maximum absolute atomic E-state index is 5.95. The molecule has 1 N–H and O–H groups in total. The lowest BCUT2D eigenvalue weighted by atomic mass is 9.93. The summed E-state index contributed by atoms with van der Waals surface area (Å²) in [6.45, 7) is 12.5.